The number of aromatic nitrogens is 2. The van der Waals surface area contributed by atoms with Gasteiger partial charge >= 0.3 is 0 Å². The van der Waals surface area contributed by atoms with Crippen LogP contribution in [0.2, 0.25) is 0 Å². The van der Waals surface area contributed by atoms with E-state index in [0.717, 1.165) is 49.4 Å². The van der Waals surface area contributed by atoms with Gasteiger partial charge in [-0.05, 0) is 39.2 Å². The lowest BCUT2D eigenvalue weighted by atomic mass is 9.95. The van der Waals surface area contributed by atoms with Crippen LogP contribution in [0.25, 0.3) is 11.3 Å². The van der Waals surface area contributed by atoms with Crippen molar-refractivity contribution in [2.24, 2.45) is 5.92 Å². The third-order valence-electron chi connectivity index (χ3n) is 5.16. The van der Waals surface area contributed by atoms with E-state index in [9.17, 15) is 4.79 Å². The molecular formula is C21H28N4O. The predicted molar refractivity (Wildman–Crippen MR) is 105 cm³/mol. The molecular weight excluding hydrogens is 324 g/mol. The first-order valence-electron chi connectivity index (χ1n) is 9.51. The predicted octanol–water partition coefficient (Wildman–Crippen LogP) is 3.58. The minimum Gasteiger partial charge on any atom is -0.356 e. The van der Waals surface area contributed by atoms with Crippen LogP contribution in [-0.4, -0.2) is 35.0 Å². The molecule has 5 nitrogen and oxygen atoms in total. The Bertz CT molecular complexity index is 753. The summed E-state index contributed by atoms with van der Waals surface area (Å²) in [5, 5.41) is 3.11. The summed E-state index contributed by atoms with van der Waals surface area (Å²) < 4.78 is 0. The van der Waals surface area contributed by atoms with Crippen molar-refractivity contribution >= 4 is 11.7 Å². The standard InChI is InChI=1S/C21H28N4O/c1-4-16(3)24-21(26)17-8-10-25(11-9-17)20-13-19(22-14-23-20)18-7-5-6-15(2)12-18/h5-7,12-14,16-17H,4,8-11H2,1-3H3,(H,24,26)/t16-/m1/s1. The first-order chi connectivity index (χ1) is 12.6. The number of benzene rings is 1. The number of anilines is 1. The molecule has 1 aliphatic rings. The Morgan fingerprint density at radius 1 is 1.27 bits per heavy atom. The zero-order chi connectivity index (χ0) is 18.5. The van der Waals surface area contributed by atoms with Gasteiger partial charge in [-0.2, -0.15) is 0 Å². The molecule has 5 heteroatoms. The van der Waals surface area contributed by atoms with Crippen molar-refractivity contribution in [3.05, 3.63) is 42.2 Å². The first kappa shape index (κ1) is 18.4. The van der Waals surface area contributed by atoms with Crippen molar-refractivity contribution in [1.82, 2.24) is 15.3 Å². The highest BCUT2D eigenvalue weighted by molar-refractivity contribution is 5.79. The molecule has 0 bridgehead atoms. The van der Waals surface area contributed by atoms with E-state index in [2.05, 4.69) is 59.2 Å². The summed E-state index contributed by atoms with van der Waals surface area (Å²) in [6, 6.07) is 10.6. The van der Waals surface area contributed by atoms with E-state index in [1.165, 1.54) is 5.56 Å². The number of hydrogen-bond donors (Lipinski definition) is 1. The molecule has 1 N–H and O–H groups in total. The van der Waals surface area contributed by atoms with Gasteiger partial charge < -0.3 is 10.2 Å². The molecule has 0 spiro atoms. The third kappa shape index (κ3) is 4.40. The third-order valence-corrected chi connectivity index (χ3v) is 5.16. The maximum atomic E-state index is 12.3. The van der Waals surface area contributed by atoms with E-state index >= 15 is 0 Å². The molecule has 2 aromatic rings. The van der Waals surface area contributed by atoms with E-state index < -0.39 is 0 Å². The number of rotatable bonds is 5. The minimum absolute atomic E-state index is 0.110. The summed E-state index contributed by atoms with van der Waals surface area (Å²) in [4.78, 5) is 23.5. The van der Waals surface area contributed by atoms with Gasteiger partial charge in [0.15, 0.2) is 0 Å². The van der Waals surface area contributed by atoms with Crippen molar-refractivity contribution in [3.8, 4) is 11.3 Å². The number of piperidine rings is 1. The zero-order valence-electron chi connectivity index (χ0n) is 15.9. The highest BCUT2D eigenvalue weighted by Gasteiger charge is 2.26. The molecule has 0 radical (unpaired) electrons. The van der Waals surface area contributed by atoms with Crippen molar-refractivity contribution in [2.45, 2.75) is 46.1 Å². The van der Waals surface area contributed by atoms with Crippen LogP contribution in [0.1, 0.15) is 38.7 Å². The molecule has 3 rings (SSSR count). The van der Waals surface area contributed by atoms with Crippen molar-refractivity contribution in [3.63, 3.8) is 0 Å². The molecule has 138 valence electrons. The number of carbonyl (C=O) groups excluding carboxylic acids is 1. The van der Waals surface area contributed by atoms with E-state index in [0.29, 0.717) is 0 Å². The van der Waals surface area contributed by atoms with Crippen LogP contribution in [0.4, 0.5) is 5.82 Å². The zero-order valence-corrected chi connectivity index (χ0v) is 15.9. The van der Waals surface area contributed by atoms with Gasteiger partial charge in [0.2, 0.25) is 5.91 Å². The topological polar surface area (TPSA) is 58.1 Å². The van der Waals surface area contributed by atoms with Gasteiger partial charge in [-0.3, -0.25) is 4.79 Å². The molecule has 1 fully saturated rings. The van der Waals surface area contributed by atoms with E-state index in [1.807, 2.05) is 12.1 Å². The molecule has 2 heterocycles. The second-order valence-electron chi connectivity index (χ2n) is 7.21. The number of nitrogens with zero attached hydrogens (tertiary/aromatic N) is 3. The van der Waals surface area contributed by atoms with Crippen LogP contribution in [0.15, 0.2) is 36.7 Å². The van der Waals surface area contributed by atoms with E-state index in [4.69, 9.17) is 0 Å². The van der Waals surface area contributed by atoms with Crippen LogP contribution >= 0.6 is 0 Å². The Hall–Kier alpha value is -2.43. The molecule has 0 aliphatic carbocycles. The number of nitrogens with one attached hydrogen (secondary N) is 1. The highest BCUT2D eigenvalue weighted by atomic mass is 16.1. The molecule has 0 saturated carbocycles. The SMILES string of the molecule is CC[C@@H](C)NC(=O)C1CCN(c2cc(-c3cccc(C)c3)ncn2)CC1. The Balaban J connectivity index is 1.65. The quantitative estimate of drug-likeness (QED) is 0.893. The molecule has 26 heavy (non-hydrogen) atoms. The molecule has 1 saturated heterocycles. The molecule has 0 unspecified atom stereocenters. The lowest BCUT2D eigenvalue weighted by Gasteiger charge is -2.32. The fourth-order valence-electron chi connectivity index (χ4n) is 3.32. The highest BCUT2D eigenvalue weighted by Crippen LogP contribution is 2.25. The number of aryl methyl sites for hydroxylation is 1. The fourth-order valence-corrected chi connectivity index (χ4v) is 3.32. The van der Waals surface area contributed by atoms with Crippen LogP contribution in [-0.2, 0) is 4.79 Å². The monoisotopic (exact) mass is 352 g/mol. The van der Waals surface area contributed by atoms with Crippen LogP contribution in [0.5, 0.6) is 0 Å². The lowest BCUT2D eigenvalue weighted by molar-refractivity contribution is -0.126. The van der Waals surface area contributed by atoms with Gasteiger partial charge in [-0.25, -0.2) is 9.97 Å². The molecule has 1 aromatic carbocycles. The van der Waals surface area contributed by atoms with Crippen molar-refractivity contribution in [2.75, 3.05) is 18.0 Å². The van der Waals surface area contributed by atoms with Crippen LogP contribution in [0.3, 0.4) is 0 Å². The molecule has 1 aromatic heterocycles. The van der Waals surface area contributed by atoms with Crippen LogP contribution < -0.4 is 10.2 Å². The summed E-state index contributed by atoms with van der Waals surface area (Å²) in [6.45, 7) is 7.93. The lowest BCUT2D eigenvalue weighted by Crippen LogP contribution is -2.43. The number of carbonyl (C=O) groups is 1. The van der Waals surface area contributed by atoms with Crippen molar-refractivity contribution in [1.29, 1.82) is 0 Å². The van der Waals surface area contributed by atoms with Gasteiger partial charge in [0.1, 0.15) is 12.1 Å². The Kier molecular flexibility index (Phi) is 5.86. The number of hydrogen-bond acceptors (Lipinski definition) is 4. The maximum absolute atomic E-state index is 12.3. The van der Waals surface area contributed by atoms with Gasteiger partial charge in [0.05, 0.1) is 5.69 Å². The first-order valence-corrected chi connectivity index (χ1v) is 9.51. The minimum atomic E-state index is 0.110. The maximum Gasteiger partial charge on any atom is 0.223 e. The molecule has 1 atom stereocenters. The van der Waals surface area contributed by atoms with Gasteiger partial charge in [-0.1, -0.05) is 30.7 Å². The van der Waals surface area contributed by atoms with E-state index in [1.54, 1.807) is 6.33 Å². The Labute approximate surface area is 155 Å². The van der Waals surface area contributed by atoms with E-state index in [-0.39, 0.29) is 17.9 Å². The normalized spacial score (nSPS) is 16.3. The van der Waals surface area contributed by atoms with Gasteiger partial charge in [0, 0.05) is 36.7 Å². The smallest absolute Gasteiger partial charge is 0.223 e. The van der Waals surface area contributed by atoms with Gasteiger partial charge in [0.25, 0.3) is 0 Å². The largest absolute Gasteiger partial charge is 0.356 e. The average Bonchev–Trinajstić information content (AvgIpc) is 2.68. The summed E-state index contributed by atoms with van der Waals surface area (Å²) in [5.41, 5.74) is 3.27. The Morgan fingerprint density at radius 3 is 2.73 bits per heavy atom. The Morgan fingerprint density at radius 2 is 2.04 bits per heavy atom. The van der Waals surface area contributed by atoms with Gasteiger partial charge in [-0.15, -0.1) is 0 Å². The number of amides is 1. The summed E-state index contributed by atoms with van der Waals surface area (Å²) in [6.07, 6.45) is 4.33. The summed E-state index contributed by atoms with van der Waals surface area (Å²) in [7, 11) is 0. The fraction of sp³-hybridized carbons (Fsp3) is 0.476. The van der Waals surface area contributed by atoms with Crippen molar-refractivity contribution < 1.29 is 4.79 Å². The summed E-state index contributed by atoms with van der Waals surface area (Å²) >= 11 is 0. The second-order valence-corrected chi connectivity index (χ2v) is 7.21. The average molecular weight is 352 g/mol. The molecule has 1 amide bonds. The second kappa shape index (κ2) is 8.30. The summed E-state index contributed by atoms with van der Waals surface area (Å²) in [5.74, 6) is 1.25. The van der Waals surface area contributed by atoms with Crippen LogP contribution in [0, 0.1) is 12.8 Å². The molecule has 1 aliphatic heterocycles.